The third-order valence-electron chi connectivity index (χ3n) is 6.40. The summed E-state index contributed by atoms with van der Waals surface area (Å²) in [6.07, 6.45) is 2.85. The molecule has 2 saturated heterocycles. The van der Waals surface area contributed by atoms with Gasteiger partial charge in [-0.25, -0.2) is 9.90 Å². The third-order valence-corrected chi connectivity index (χ3v) is 8.02. The lowest BCUT2D eigenvalue weighted by molar-refractivity contribution is -0.254. The van der Waals surface area contributed by atoms with Crippen LogP contribution in [0.25, 0.3) is 0 Å². The van der Waals surface area contributed by atoms with E-state index in [4.69, 9.17) is 33.3 Å². The minimum Gasteiger partial charge on any atom is -0.492 e. The van der Waals surface area contributed by atoms with E-state index in [0.717, 1.165) is 5.56 Å². The van der Waals surface area contributed by atoms with Crippen LogP contribution in [0.5, 0.6) is 23.0 Å². The van der Waals surface area contributed by atoms with E-state index in [1.165, 1.54) is 12.2 Å². The minimum atomic E-state index is -1.07. The second-order valence-corrected chi connectivity index (χ2v) is 11.2. The zero-order valence-corrected chi connectivity index (χ0v) is 22.8. The first-order chi connectivity index (χ1) is 17.2. The van der Waals surface area contributed by atoms with Gasteiger partial charge in [0.2, 0.25) is 18.3 Å². The quantitative estimate of drug-likeness (QED) is 0.350. The van der Waals surface area contributed by atoms with Gasteiger partial charge < -0.3 is 28.4 Å². The molecule has 1 aliphatic carbocycles. The normalized spacial score (nSPS) is 28.8. The predicted molar refractivity (Wildman–Crippen MR) is 133 cm³/mol. The highest BCUT2D eigenvalue weighted by molar-refractivity contribution is 9.10. The van der Waals surface area contributed by atoms with Gasteiger partial charge in [0.25, 0.3) is 5.91 Å². The molecule has 0 aromatic heterocycles. The van der Waals surface area contributed by atoms with Gasteiger partial charge in [-0.05, 0) is 57.3 Å². The Morgan fingerprint density at radius 1 is 1.14 bits per heavy atom. The van der Waals surface area contributed by atoms with Crippen LogP contribution < -0.4 is 18.9 Å². The lowest BCUT2D eigenvalue weighted by Gasteiger charge is -2.49. The maximum atomic E-state index is 14.1. The van der Waals surface area contributed by atoms with Crippen molar-refractivity contribution >= 4 is 37.8 Å². The lowest BCUT2D eigenvalue weighted by atomic mass is 9.91. The minimum absolute atomic E-state index is 0.0302. The van der Waals surface area contributed by atoms with Gasteiger partial charge in [-0.2, -0.15) is 0 Å². The van der Waals surface area contributed by atoms with Gasteiger partial charge in [0.05, 0.1) is 11.6 Å². The smallest absolute Gasteiger partial charge is 0.283 e. The molecule has 11 heteroatoms. The Bertz CT molecular complexity index is 1250. The molecule has 9 nitrogen and oxygen atoms in total. The average Bonchev–Trinajstić information content (AvgIpc) is 3.47. The molecule has 2 aromatic carbocycles. The summed E-state index contributed by atoms with van der Waals surface area (Å²) in [5, 5.41) is 1.28. The SMILES string of the molecule is COc1c2c(c(OCc3ccccc3)c(Br)c1C(=O)N1OC3(Br)C=CC1[C@@H]1OC(C)(C)O[C@@H]13)OCO2. The summed E-state index contributed by atoms with van der Waals surface area (Å²) >= 11 is 7.20. The van der Waals surface area contributed by atoms with E-state index in [1.54, 1.807) is 0 Å². The number of carbonyl (C=O) groups is 1. The molecular weight excluding hydrogens is 602 g/mol. The summed E-state index contributed by atoms with van der Waals surface area (Å²) < 4.78 is 34.7. The number of fused-ring (bicyclic) bond motifs is 2. The first-order valence-electron chi connectivity index (χ1n) is 11.3. The Kier molecular flexibility index (Phi) is 5.76. The number of hydrogen-bond donors (Lipinski definition) is 0. The molecule has 5 aliphatic rings. The number of halogens is 2. The number of amides is 1. The molecule has 4 aliphatic heterocycles. The summed E-state index contributed by atoms with van der Waals surface area (Å²) in [6, 6.07) is 9.15. The first kappa shape index (κ1) is 24.1. The van der Waals surface area contributed by atoms with E-state index in [9.17, 15) is 4.79 Å². The fourth-order valence-electron chi connectivity index (χ4n) is 4.86. The largest absolute Gasteiger partial charge is 0.492 e. The van der Waals surface area contributed by atoms with E-state index in [-0.39, 0.29) is 30.5 Å². The fraction of sp³-hybridized carbons (Fsp3) is 0.400. The zero-order valence-electron chi connectivity index (χ0n) is 19.7. The van der Waals surface area contributed by atoms with Crippen molar-refractivity contribution in [2.75, 3.05) is 13.9 Å². The summed E-state index contributed by atoms with van der Waals surface area (Å²) in [4.78, 5) is 20.3. The summed E-state index contributed by atoms with van der Waals surface area (Å²) in [5.74, 6) is -0.0927. The van der Waals surface area contributed by atoms with Crippen LogP contribution >= 0.6 is 31.9 Å². The van der Waals surface area contributed by atoms with Crippen molar-refractivity contribution in [3.8, 4) is 23.0 Å². The molecule has 2 fully saturated rings. The molecule has 0 N–H and O–H groups in total. The van der Waals surface area contributed by atoms with Crippen molar-refractivity contribution in [2.24, 2.45) is 0 Å². The van der Waals surface area contributed by atoms with Crippen LogP contribution in [0.3, 0.4) is 0 Å². The highest BCUT2D eigenvalue weighted by Gasteiger charge is 2.63. The molecule has 2 unspecified atom stereocenters. The van der Waals surface area contributed by atoms with Gasteiger partial charge in [-0.3, -0.25) is 4.79 Å². The number of rotatable bonds is 5. The van der Waals surface area contributed by atoms with Crippen LogP contribution in [0.1, 0.15) is 29.8 Å². The second-order valence-electron chi connectivity index (χ2n) is 9.18. The van der Waals surface area contributed by atoms with Crippen molar-refractivity contribution in [1.29, 1.82) is 0 Å². The Balaban J connectivity index is 1.39. The Hall–Kier alpha value is -2.31. The number of hydrogen-bond acceptors (Lipinski definition) is 8. The third kappa shape index (κ3) is 3.71. The van der Waals surface area contributed by atoms with Gasteiger partial charge in [0.1, 0.15) is 30.4 Å². The maximum absolute atomic E-state index is 14.1. The number of alkyl halides is 1. The Labute approximate surface area is 224 Å². The average molecular weight is 625 g/mol. The van der Waals surface area contributed by atoms with E-state index in [1.807, 2.05) is 56.3 Å². The van der Waals surface area contributed by atoms with Crippen LogP contribution in [0.2, 0.25) is 0 Å². The number of hydroxylamine groups is 2. The molecule has 7 rings (SSSR count). The van der Waals surface area contributed by atoms with Gasteiger partial charge in [-0.1, -0.05) is 36.4 Å². The number of carbonyl (C=O) groups excluding carboxylic acids is 1. The summed E-state index contributed by atoms with van der Waals surface area (Å²) in [7, 11) is 1.46. The number of nitrogens with zero attached hydrogens (tertiary/aromatic N) is 1. The molecule has 2 aromatic rings. The van der Waals surface area contributed by atoms with Crippen LogP contribution in [0, 0.1) is 0 Å². The number of methoxy groups -OCH3 is 1. The molecule has 1 amide bonds. The van der Waals surface area contributed by atoms with Crippen LogP contribution in [-0.2, 0) is 20.9 Å². The van der Waals surface area contributed by atoms with Crippen molar-refractivity contribution in [2.45, 2.75) is 49.0 Å². The molecule has 2 bridgehead atoms. The number of ether oxygens (including phenoxy) is 6. The molecule has 4 atom stereocenters. The molecule has 0 saturated carbocycles. The van der Waals surface area contributed by atoms with Gasteiger partial charge >= 0.3 is 0 Å². The van der Waals surface area contributed by atoms with Crippen molar-refractivity contribution in [3.63, 3.8) is 0 Å². The van der Waals surface area contributed by atoms with Crippen LogP contribution in [-0.4, -0.2) is 53.4 Å². The highest BCUT2D eigenvalue weighted by atomic mass is 79.9. The van der Waals surface area contributed by atoms with Gasteiger partial charge in [-0.15, -0.1) is 0 Å². The molecule has 4 heterocycles. The Morgan fingerprint density at radius 2 is 1.86 bits per heavy atom. The number of benzene rings is 2. The molecular formula is C25H23Br2NO8. The predicted octanol–water partition coefficient (Wildman–Crippen LogP) is 4.70. The summed E-state index contributed by atoms with van der Waals surface area (Å²) in [6.45, 7) is 3.90. The van der Waals surface area contributed by atoms with E-state index in [0.29, 0.717) is 16.0 Å². The molecule has 0 radical (unpaired) electrons. The van der Waals surface area contributed by atoms with E-state index >= 15 is 0 Å². The molecule has 36 heavy (non-hydrogen) atoms. The first-order valence-corrected chi connectivity index (χ1v) is 12.9. The second kappa shape index (κ2) is 8.63. The van der Waals surface area contributed by atoms with E-state index < -0.39 is 34.5 Å². The van der Waals surface area contributed by atoms with Crippen LogP contribution in [0.15, 0.2) is 47.0 Å². The lowest BCUT2D eigenvalue weighted by Crippen LogP contribution is -2.65. The van der Waals surface area contributed by atoms with Crippen molar-refractivity contribution < 1.29 is 38.1 Å². The fourth-order valence-corrected chi connectivity index (χ4v) is 6.16. The van der Waals surface area contributed by atoms with E-state index in [2.05, 4.69) is 31.9 Å². The van der Waals surface area contributed by atoms with Crippen molar-refractivity contribution in [1.82, 2.24) is 5.06 Å². The highest BCUT2D eigenvalue weighted by Crippen LogP contribution is 2.56. The van der Waals surface area contributed by atoms with Gasteiger partial charge in [0, 0.05) is 0 Å². The molecule has 190 valence electrons. The maximum Gasteiger partial charge on any atom is 0.283 e. The molecule has 0 spiro atoms. The summed E-state index contributed by atoms with van der Waals surface area (Å²) in [5.41, 5.74) is 1.13. The Morgan fingerprint density at radius 3 is 2.58 bits per heavy atom. The van der Waals surface area contributed by atoms with Crippen LogP contribution in [0.4, 0.5) is 0 Å². The standard InChI is InChI=1S/C25H23Br2NO8/c1-24(2)34-17-14-9-10-25(27,22(17)35-24)36-28(14)23(29)15-16(26)19(31-11-13-7-5-4-6-8-13)21-20(18(15)30-3)32-12-33-21/h4-10,14,17,22H,11-12H2,1-3H3/t14?,17-,22-,25?/m0/s1. The van der Waals surface area contributed by atoms with Gasteiger partial charge in [0.15, 0.2) is 21.8 Å². The monoisotopic (exact) mass is 623 g/mol. The topological polar surface area (TPSA) is 84.9 Å². The van der Waals surface area contributed by atoms with Crippen molar-refractivity contribution in [3.05, 3.63) is 58.1 Å². The zero-order chi connectivity index (χ0) is 25.2.